The monoisotopic (exact) mass is 1030 g/mol. The van der Waals surface area contributed by atoms with E-state index in [0.717, 1.165) is 51.4 Å². The third-order valence-corrected chi connectivity index (χ3v) is 15.0. The Balaban J connectivity index is 3.85. The number of phosphoric ester groups is 1. The molecule has 1 N–H and O–H groups in total. The first-order valence-corrected chi connectivity index (χ1v) is 32.4. The Bertz CT molecular complexity index is 1210. The summed E-state index contributed by atoms with van der Waals surface area (Å²) >= 11 is 0. The average molecular weight is 1030 g/mol. The zero-order chi connectivity index (χ0) is 52.0. The molecule has 0 aliphatic carbocycles. The highest BCUT2D eigenvalue weighted by molar-refractivity contribution is 7.47. The molecule has 0 aliphatic heterocycles. The van der Waals surface area contributed by atoms with E-state index in [2.05, 4.69) is 26.0 Å². The van der Waals surface area contributed by atoms with E-state index >= 15 is 0 Å². The van der Waals surface area contributed by atoms with Gasteiger partial charge >= 0.3 is 19.8 Å². The zero-order valence-corrected chi connectivity index (χ0v) is 48.9. The topological polar surface area (TPSA) is 108 Å². The molecule has 0 spiro atoms. The Kier molecular flexibility index (Phi) is 52.6. The fourth-order valence-electron chi connectivity index (χ4n) is 9.25. The molecular formula is C61H121NO8P+. The lowest BCUT2D eigenvalue weighted by Gasteiger charge is -2.24. The quantitative estimate of drug-likeness (QED) is 0.0211. The molecule has 0 aliphatic rings. The van der Waals surface area contributed by atoms with Crippen molar-refractivity contribution in [1.29, 1.82) is 0 Å². The van der Waals surface area contributed by atoms with Crippen LogP contribution in [0, 0.1) is 0 Å². The number of allylic oxidation sites excluding steroid dienone is 2. The predicted molar refractivity (Wildman–Crippen MR) is 303 cm³/mol. The average Bonchev–Trinajstić information content (AvgIpc) is 3.33. The van der Waals surface area contributed by atoms with E-state index < -0.39 is 26.5 Å². The van der Waals surface area contributed by atoms with Crippen LogP contribution in [-0.2, 0) is 32.7 Å². The number of hydrogen-bond donors (Lipinski definition) is 1. The molecule has 0 aromatic heterocycles. The molecule has 0 bridgehead atoms. The highest BCUT2D eigenvalue weighted by atomic mass is 31.2. The number of unbranched alkanes of at least 4 members (excludes halogenated alkanes) is 42. The Morgan fingerprint density at radius 1 is 0.423 bits per heavy atom. The van der Waals surface area contributed by atoms with Gasteiger partial charge in [-0.1, -0.05) is 276 Å². The van der Waals surface area contributed by atoms with Gasteiger partial charge in [-0.2, -0.15) is 0 Å². The molecular weight excluding hydrogens is 906 g/mol. The number of esters is 2. The smallest absolute Gasteiger partial charge is 0.462 e. The van der Waals surface area contributed by atoms with Gasteiger partial charge in [-0.15, -0.1) is 0 Å². The van der Waals surface area contributed by atoms with Crippen LogP contribution in [0.25, 0.3) is 0 Å². The third kappa shape index (κ3) is 57.9. The molecule has 2 atom stereocenters. The fraction of sp³-hybridized carbons (Fsp3) is 0.934. The first-order chi connectivity index (χ1) is 34.5. The second-order valence-electron chi connectivity index (χ2n) is 22.5. The van der Waals surface area contributed by atoms with E-state index in [1.807, 2.05) is 21.1 Å². The van der Waals surface area contributed by atoms with Gasteiger partial charge in [0.1, 0.15) is 19.8 Å². The van der Waals surface area contributed by atoms with Crippen LogP contribution in [0.3, 0.4) is 0 Å². The summed E-state index contributed by atoms with van der Waals surface area (Å²) < 4.78 is 34.5. The summed E-state index contributed by atoms with van der Waals surface area (Å²) in [5.74, 6) is -0.792. The SMILES string of the molecule is CCCCC/C=C\CCCCCCCC(=O)OC(COC(=O)CCCCCCCCCCCCCCCCCCCCCCCCCCCCCCCCCCCCC)COP(=O)(O)OCC[N+](C)(C)C. The first kappa shape index (κ1) is 69.8. The van der Waals surface area contributed by atoms with Crippen molar-refractivity contribution in [3.63, 3.8) is 0 Å². The summed E-state index contributed by atoms with van der Waals surface area (Å²) in [5, 5.41) is 0. The van der Waals surface area contributed by atoms with Crippen LogP contribution in [-0.4, -0.2) is 74.9 Å². The molecule has 10 heteroatoms. The van der Waals surface area contributed by atoms with Gasteiger partial charge in [-0.25, -0.2) is 4.57 Å². The molecule has 9 nitrogen and oxygen atoms in total. The van der Waals surface area contributed by atoms with Crippen LogP contribution in [0.4, 0.5) is 0 Å². The van der Waals surface area contributed by atoms with Gasteiger partial charge < -0.3 is 18.9 Å². The maximum atomic E-state index is 12.7. The Hall–Kier alpha value is -1.25. The second-order valence-corrected chi connectivity index (χ2v) is 23.9. The normalized spacial score (nSPS) is 13.3. The third-order valence-electron chi connectivity index (χ3n) is 14.0. The van der Waals surface area contributed by atoms with Gasteiger partial charge in [0.15, 0.2) is 6.10 Å². The lowest BCUT2D eigenvalue weighted by Crippen LogP contribution is -2.37. The number of hydrogen-bond acceptors (Lipinski definition) is 7. The second kappa shape index (κ2) is 53.6. The van der Waals surface area contributed by atoms with Crippen molar-refractivity contribution in [2.45, 2.75) is 322 Å². The minimum absolute atomic E-state index is 0.0335. The summed E-state index contributed by atoms with van der Waals surface area (Å²) in [5.41, 5.74) is 0. The van der Waals surface area contributed by atoms with Crippen LogP contribution < -0.4 is 0 Å². The summed E-state index contributed by atoms with van der Waals surface area (Å²) in [7, 11) is 1.49. The van der Waals surface area contributed by atoms with E-state index in [1.165, 1.54) is 231 Å². The molecule has 2 unspecified atom stereocenters. The summed E-state index contributed by atoms with van der Waals surface area (Å²) in [4.78, 5) is 35.6. The van der Waals surface area contributed by atoms with Crippen molar-refractivity contribution in [3.8, 4) is 0 Å². The fourth-order valence-corrected chi connectivity index (χ4v) is 9.99. The molecule has 0 saturated carbocycles. The number of rotatable bonds is 58. The van der Waals surface area contributed by atoms with Gasteiger partial charge in [0.2, 0.25) is 0 Å². The van der Waals surface area contributed by atoms with Crippen LogP contribution >= 0.6 is 7.82 Å². The maximum absolute atomic E-state index is 12.7. The number of ether oxygens (including phenoxy) is 2. The summed E-state index contributed by atoms with van der Waals surface area (Å²) in [6.45, 7) is 4.44. The zero-order valence-electron chi connectivity index (χ0n) is 48.0. The number of phosphoric acid groups is 1. The number of nitrogens with zero attached hydrogens (tertiary/aromatic N) is 1. The van der Waals surface area contributed by atoms with Crippen LogP contribution in [0.5, 0.6) is 0 Å². The molecule has 422 valence electrons. The molecule has 0 amide bonds. The minimum atomic E-state index is -4.38. The van der Waals surface area contributed by atoms with E-state index in [0.29, 0.717) is 23.9 Å². The summed E-state index contributed by atoms with van der Waals surface area (Å²) in [6, 6.07) is 0. The lowest BCUT2D eigenvalue weighted by atomic mass is 10.0. The molecule has 0 heterocycles. The number of likely N-dealkylation sites (N-methyl/N-ethyl adjacent to an activating group) is 1. The molecule has 0 fully saturated rings. The number of carbonyl (C=O) groups excluding carboxylic acids is 2. The van der Waals surface area contributed by atoms with Crippen LogP contribution in [0.2, 0.25) is 0 Å². The highest BCUT2D eigenvalue weighted by Crippen LogP contribution is 2.43. The number of carbonyl (C=O) groups is 2. The van der Waals surface area contributed by atoms with E-state index in [4.69, 9.17) is 18.5 Å². The predicted octanol–water partition coefficient (Wildman–Crippen LogP) is 19.2. The molecule has 0 radical (unpaired) electrons. The van der Waals surface area contributed by atoms with Gasteiger partial charge in [-0.3, -0.25) is 18.6 Å². The van der Waals surface area contributed by atoms with Gasteiger partial charge in [0, 0.05) is 12.8 Å². The van der Waals surface area contributed by atoms with Gasteiger partial charge in [0.05, 0.1) is 27.7 Å². The van der Waals surface area contributed by atoms with Crippen molar-refractivity contribution >= 4 is 19.8 Å². The largest absolute Gasteiger partial charge is 0.472 e. The van der Waals surface area contributed by atoms with Gasteiger partial charge in [-0.05, 0) is 38.5 Å². The van der Waals surface area contributed by atoms with Gasteiger partial charge in [0.25, 0.3) is 0 Å². The minimum Gasteiger partial charge on any atom is -0.462 e. The number of quaternary nitrogens is 1. The van der Waals surface area contributed by atoms with Crippen LogP contribution in [0.1, 0.15) is 316 Å². The Morgan fingerprint density at radius 3 is 1.07 bits per heavy atom. The molecule has 0 rings (SSSR count). The molecule has 0 aromatic carbocycles. The van der Waals surface area contributed by atoms with Crippen LogP contribution in [0.15, 0.2) is 12.2 Å². The molecule has 71 heavy (non-hydrogen) atoms. The lowest BCUT2D eigenvalue weighted by molar-refractivity contribution is -0.870. The van der Waals surface area contributed by atoms with Crippen molar-refractivity contribution in [2.24, 2.45) is 0 Å². The Labute approximate surface area is 441 Å². The van der Waals surface area contributed by atoms with Crippen molar-refractivity contribution in [3.05, 3.63) is 12.2 Å². The van der Waals surface area contributed by atoms with E-state index in [1.54, 1.807) is 0 Å². The molecule has 0 saturated heterocycles. The van der Waals surface area contributed by atoms with E-state index in [-0.39, 0.29) is 25.6 Å². The first-order valence-electron chi connectivity index (χ1n) is 30.9. The Morgan fingerprint density at radius 2 is 0.718 bits per heavy atom. The summed E-state index contributed by atoms with van der Waals surface area (Å²) in [6.07, 6.45) is 63.3. The van der Waals surface area contributed by atoms with Crippen molar-refractivity contribution in [2.75, 3.05) is 47.5 Å². The maximum Gasteiger partial charge on any atom is 0.472 e. The van der Waals surface area contributed by atoms with Crippen molar-refractivity contribution in [1.82, 2.24) is 0 Å². The highest BCUT2D eigenvalue weighted by Gasteiger charge is 2.27. The standard InChI is InChI=1S/C61H120NO8P/c1-6-8-10-12-14-16-18-20-21-22-23-24-25-26-27-28-29-30-31-32-33-34-35-36-37-38-39-40-41-42-44-45-47-49-51-53-60(63)67-57-59(58-69-71(65,66)68-56-55-62(3,4)5)70-61(64)54-52-50-48-46-43-19-17-15-13-11-9-7-2/h15,17,59H,6-14,16,18-58H2,1-5H3/p+1/b17-15-. The van der Waals surface area contributed by atoms with Crippen molar-refractivity contribution < 1.29 is 42.1 Å². The van der Waals surface area contributed by atoms with E-state index in [9.17, 15) is 19.0 Å². The molecule has 0 aromatic rings.